The van der Waals surface area contributed by atoms with E-state index in [1.807, 2.05) is 30.5 Å². The van der Waals surface area contributed by atoms with Crippen molar-refractivity contribution in [3.8, 4) is 0 Å². The predicted molar refractivity (Wildman–Crippen MR) is 76.3 cm³/mol. The van der Waals surface area contributed by atoms with Crippen LogP contribution >= 0.6 is 11.6 Å². The van der Waals surface area contributed by atoms with Crippen molar-refractivity contribution in [3.05, 3.63) is 35.5 Å². The van der Waals surface area contributed by atoms with Gasteiger partial charge < -0.3 is 10.2 Å². The van der Waals surface area contributed by atoms with Gasteiger partial charge in [-0.15, -0.1) is 0 Å². The van der Waals surface area contributed by atoms with Gasteiger partial charge in [0, 0.05) is 34.9 Å². The molecule has 0 spiro atoms. The zero-order valence-electron chi connectivity index (χ0n) is 10.4. The number of hydrogen-bond acceptors (Lipinski definition) is 3. The van der Waals surface area contributed by atoms with Crippen LogP contribution in [0, 0.1) is 0 Å². The van der Waals surface area contributed by atoms with E-state index in [4.69, 9.17) is 11.6 Å². The second-order valence-corrected chi connectivity index (χ2v) is 5.35. The molecule has 2 heterocycles. The van der Waals surface area contributed by atoms with Crippen LogP contribution in [0.15, 0.2) is 30.5 Å². The van der Waals surface area contributed by atoms with Gasteiger partial charge in [0.05, 0.1) is 5.52 Å². The van der Waals surface area contributed by atoms with E-state index >= 15 is 0 Å². The van der Waals surface area contributed by atoms with Crippen molar-refractivity contribution in [2.45, 2.75) is 12.5 Å². The lowest BCUT2D eigenvalue weighted by atomic mass is 10.1. The number of likely N-dealkylation sites (N-methyl/N-ethyl adjacent to an activating group) is 1. The van der Waals surface area contributed by atoms with Crippen LogP contribution in [0.25, 0.3) is 10.9 Å². The molecule has 1 aromatic carbocycles. The predicted octanol–water partition coefficient (Wildman–Crippen LogP) is 3.00. The Kier molecular flexibility index (Phi) is 3.10. The minimum atomic E-state index is 0.524. The van der Waals surface area contributed by atoms with Gasteiger partial charge in [-0.3, -0.25) is 4.98 Å². The first-order valence-electron chi connectivity index (χ1n) is 6.22. The Balaban J connectivity index is 1.92. The highest BCUT2D eigenvalue weighted by molar-refractivity contribution is 6.31. The first-order valence-corrected chi connectivity index (χ1v) is 6.59. The molecule has 1 atom stereocenters. The van der Waals surface area contributed by atoms with Gasteiger partial charge in [-0.2, -0.15) is 0 Å². The summed E-state index contributed by atoms with van der Waals surface area (Å²) in [6, 6.07) is 8.41. The average Bonchev–Trinajstić information content (AvgIpc) is 2.75. The molecule has 1 aromatic heterocycles. The number of anilines is 1. The summed E-state index contributed by atoms with van der Waals surface area (Å²) in [6.07, 6.45) is 3.02. The van der Waals surface area contributed by atoms with Crippen LogP contribution in [0.1, 0.15) is 6.42 Å². The van der Waals surface area contributed by atoms with E-state index in [1.165, 1.54) is 6.42 Å². The molecular weight excluding hydrogens is 246 g/mol. The summed E-state index contributed by atoms with van der Waals surface area (Å²) in [5.74, 6) is 0. The Morgan fingerprint density at radius 2 is 2.28 bits per heavy atom. The molecule has 0 saturated carbocycles. The fourth-order valence-corrected chi connectivity index (χ4v) is 2.69. The van der Waals surface area contributed by atoms with Gasteiger partial charge in [-0.25, -0.2) is 0 Å². The van der Waals surface area contributed by atoms with Crippen LogP contribution in [-0.2, 0) is 0 Å². The van der Waals surface area contributed by atoms with Crippen molar-refractivity contribution in [1.29, 1.82) is 0 Å². The molecule has 94 valence electrons. The molecule has 1 unspecified atom stereocenters. The number of nitrogens with one attached hydrogen (secondary N) is 1. The van der Waals surface area contributed by atoms with Crippen LogP contribution in [0.4, 0.5) is 5.69 Å². The third kappa shape index (κ3) is 2.28. The van der Waals surface area contributed by atoms with Gasteiger partial charge in [0.25, 0.3) is 0 Å². The largest absolute Gasteiger partial charge is 0.380 e. The number of pyridine rings is 1. The van der Waals surface area contributed by atoms with Crippen molar-refractivity contribution in [2.75, 3.05) is 25.5 Å². The molecule has 3 rings (SSSR count). The normalized spacial score (nSPS) is 20.4. The number of halogens is 1. The number of benzene rings is 1. The summed E-state index contributed by atoms with van der Waals surface area (Å²) in [5, 5.41) is 5.47. The second kappa shape index (κ2) is 4.75. The lowest BCUT2D eigenvalue weighted by Crippen LogP contribution is -2.23. The van der Waals surface area contributed by atoms with Crippen molar-refractivity contribution in [1.82, 2.24) is 9.88 Å². The number of likely N-dealkylation sites (tertiary alicyclic amines) is 1. The van der Waals surface area contributed by atoms with Gasteiger partial charge in [-0.05, 0) is 44.3 Å². The minimum absolute atomic E-state index is 0.524. The van der Waals surface area contributed by atoms with Crippen molar-refractivity contribution in [3.63, 3.8) is 0 Å². The lowest BCUT2D eigenvalue weighted by Gasteiger charge is -2.15. The highest BCUT2D eigenvalue weighted by Gasteiger charge is 2.19. The van der Waals surface area contributed by atoms with Gasteiger partial charge >= 0.3 is 0 Å². The van der Waals surface area contributed by atoms with Gasteiger partial charge in [-0.1, -0.05) is 11.6 Å². The standard InChI is InChI=1S/C14H16ClN3/c1-18-7-5-11(9-18)17-13-4-6-16-14-8-10(15)2-3-12(13)14/h2-4,6,8,11H,5,7,9H2,1H3,(H,16,17). The number of rotatable bonds is 2. The zero-order chi connectivity index (χ0) is 12.5. The Morgan fingerprint density at radius 3 is 3.06 bits per heavy atom. The fraction of sp³-hybridized carbons (Fsp3) is 0.357. The number of fused-ring (bicyclic) bond motifs is 1. The van der Waals surface area contributed by atoms with E-state index in [0.29, 0.717) is 6.04 Å². The fourth-order valence-electron chi connectivity index (χ4n) is 2.52. The zero-order valence-corrected chi connectivity index (χ0v) is 11.1. The Hall–Kier alpha value is -1.32. The molecule has 0 amide bonds. The van der Waals surface area contributed by atoms with E-state index in [2.05, 4.69) is 22.2 Å². The number of hydrogen-bond donors (Lipinski definition) is 1. The highest BCUT2D eigenvalue weighted by Crippen LogP contribution is 2.26. The molecule has 1 aliphatic rings. The SMILES string of the molecule is CN1CCC(Nc2ccnc3cc(Cl)ccc23)C1. The minimum Gasteiger partial charge on any atom is -0.380 e. The summed E-state index contributed by atoms with van der Waals surface area (Å²) in [5.41, 5.74) is 2.09. The summed E-state index contributed by atoms with van der Waals surface area (Å²) < 4.78 is 0. The van der Waals surface area contributed by atoms with Crippen LogP contribution < -0.4 is 5.32 Å². The van der Waals surface area contributed by atoms with E-state index in [0.717, 1.165) is 34.7 Å². The first kappa shape index (κ1) is 11.8. The van der Waals surface area contributed by atoms with Crippen molar-refractivity contribution < 1.29 is 0 Å². The van der Waals surface area contributed by atoms with Gasteiger partial charge in [0.1, 0.15) is 0 Å². The molecule has 1 N–H and O–H groups in total. The quantitative estimate of drug-likeness (QED) is 0.901. The number of aromatic nitrogens is 1. The Morgan fingerprint density at radius 1 is 1.39 bits per heavy atom. The van der Waals surface area contributed by atoms with E-state index in [1.54, 1.807) is 0 Å². The first-order chi connectivity index (χ1) is 8.72. The van der Waals surface area contributed by atoms with E-state index in [-0.39, 0.29) is 0 Å². The van der Waals surface area contributed by atoms with Gasteiger partial charge in [0.15, 0.2) is 0 Å². The maximum atomic E-state index is 5.99. The van der Waals surface area contributed by atoms with Crippen molar-refractivity contribution >= 4 is 28.2 Å². The molecule has 3 nitrogen and oxygen atoms in total. The summed E-state index contributed by atoms with van der Waals surface area (Å²) in [7, 11) is 2.16. The Labute approximate surface area is 112 Å². The summed E-state index contributed by atoms with van der Waals surface area (Å²) in [4.78, 5) is 6.70. The van der Waals surface area contributed by atoms with Crippen LogP contribution in [0.2, 0.25) is 5.02 Å². The molecule has 0 aliphatic carbocycles. The molecular formula is C14H16ClN3. The maximum Gasteiger partial charge on any atom is 0.0737 e. The average molecular weight is 262 g/mol. The maximum absolute atomic E-state index is 5.99. The molecule has 1 aliphatic heterocycles. The molecule has 1 saturated heterocycles. The topological polar surface area (TPSA) is 28.2 Å². The monoisotopic (exact) mass is 261 g/mol. The van der Waals surface area contributed by atoms with Crippen LogP contribution in [-0.4, -0.2) is 36.1 Å². The molecule has 0 bridgehead atoms. The third-order valence-electron chi connectivity index (χ3n) is 3.46. The molecule has 18 heavy (non-hydrogen) atoms. The van der Waals surface area contributed by atoms with Crippen LogP contribution in [0.3, 0.4) is 0 Å². The van der Waals surface area contributed by atoms with E-state index in [9.17, 15) is 0 Å². The molecule has 1 fully saturated rings. The summed E-state index contributed by atoms with van der Waals surface area (Å²) >= 11 is 5.99. The summed E-state index contributed by atoms with van der Waals surface area (Å²) in [6.45, 7) is 2.25. The highest BCUT2D eigenvalue weighted by atomic mass is 35.5. The molecule has 0 radical (unpaired) electrons. The molecule has 4 heteroatoms. The lowest BCUT2D eigenvalue weighted by molar-refractivity contribution is 0.414. The third-order valence-corrected chi connectivity index (χ3v) is 3.69. The van der Waals surface area contributed by atoms with E-state index < -0.39 is 0 Å². The van der Waals surface area contributed by atoms with Crippen molar-refractivity contribution in [2.24, 2.45) is 0 Å². The molecule has 2 aromatic rings. The second-order valence-electron chi connectivity index (χ2n) is 4.91. The number of nitrogens with zero attached hydrogens (tertiary/aromatic N) is 2. The smallest absolute Gasteiger partial charge is 0.0737 e. The van der Waals surface area contributed by atoms with Gasteiger partial charge in [0.2, 0.25) is 0 Å². The van der Waals surface area contributed by atoms with Crippen LogP contribution in [0.5, 0.6) is 0 Å². The Bertz CT molecular complexity index is 570.